The zero-order valence-electron chi connectivity index (χ0n) is 11.5. The van der Waals surface area contributed by atoms with E-state index in [4.69, 9.17) is 5.73 Å². The molecule has 104 valence electrons. The average Bonchev–Trinajstić information content (AvgIpc) is 3.04. The van der Waals surface area contributed by atoms with Crippen LogP contribution in [0, 0.1) is 6.92 Å². The Morgan fingerprint density at radius 2 is 2.25 bits per heavy atom. The number of nitrogens with two attached hydrogens (primary N) is 1. The first-order valence-corrected chi connectivity index (χ1v) is 7.62. The number of thiazole rings is 1. The number of guanidine groups is 1. The molecule has 1 aromatic heterocycles. The minimum absolute atomic E-state index is 0.441. The van der Waals surface area contributed by atoms with Crippen LogP contribution in [0.5, 0.6) is 0 Å². The summed E-state index contributed by atoms with van der Waals surface area (Å²) in [5.74, 6) is 0.441. The number of anilines is 1. The van der Waals surface area contributed by atoms with Crippen molar-refractivity contribution in [2.75, 3.05) is 5.32 Å². The number of nitrogens with zero attached hydrogens (tertiary/aromatic N) is 2. The molecule has 2 aromatic rings. The number of aromatic nitrogens is 1. The molecule has 0 saturated heterocycles. The zero-order valence-corrected chi connectivity index (χ0v) is 12.3. The van der Waals surface area contributed by atoms with Gasteiger partial charge in [0, 0.05) is 16.8 Å². The van der Waals surface area contributed by atoms with Crippen molar-refractivity contribution in [1.82, 2.24) is 4.98 Å². The van der Waals surface area contributed by atoms with Gasteiger partial charge in [0.25, 0.3) is 0 Å². The van der Waals surface area contributed by atoms with E-state index in [1.54, 1.807) is 11.3 Å². The Labute approximate surface area is 122 Å². The number of rotatable bonds is 3. The predicted octanol–water partition coefficient (Wildman–Crippen LogP) is 2.87. The molecule has 3 N–H and O–H groups in total. The highest BCUT2D eigenvalue weighted by Gasteiger charge is 2.10. The fourth-order valence-corrected chi connectivity index (χ4v) is 3.18. The standard InChI is InChI=1S/C15H18N4S/c1-10-8-17-14(20-10)9-18-15(16)19-13-6-5-11-3-2-4-12(11)7-13/h5-8H,2-4,9H2,1H3,(H3,16,18,19). The lowest BCUT2D eigenvalue weighted by molar-refractivity contribution is 0.912. The van der Waals surface area contributed by atoms with E-state index in [0.717, 1.165) is 10.7 Å². The van der Waals surface area contributed by atoms with Crippen molar-refractivity contribution in [1.29, 1.82) is 0 Å². The van der Waals surface area contributed by atoms with Gasteiger partial charge in [-0.2, -0.15) is 0 Å². The highest BCUT2D eigenvalue weighted by molar-refractivity contribution is 7.11. The smallest absolute Gasteiger partial charge is 0.193 e. The molecule has 0 aliphatic heterocycles. The molecule has 1 aliphatic rings. The molecule has 4 nitrogen and oxygen atoms in total. The first kappa shape index (κ1) is 13.1. The van der Waals surface area contributed by atoms with Gasteiger partial charge in [0.05, 0.1) is 6.54 Å². The molecule has 0 saturated carbocycles. The summed E-state index contributed by atoms with van der Waals surface area (Å²) in [6, 6.07) is 6.43. The Bertz CT molecular complexity index is 645. The molecule has 1 aliphatic carbocycles. The van der Waals surface area contributed by atoms with Gasteiger partial charge in [0.15, 0.2) is 5.96 Å². The van der Waals surface area contributed by atoms with Crippen molar-refractivity contribution in [3.8, 4) is 0 Å². The second-order valence-corrected chi connectivity index (χ2v) is 6.35. The second-order valence-electron chi connectivity index (χ2n) is 5.03. The van der Waals surface area contributed by atoms with E-state index in [-0.39, 0.29) is 0 Å². The van der Waals surface area contributed by atoms with E-state index in [0.29, 0.717) is 12.5 Å². The van der Waals surface area contributed by atoms with Gasteiger partial charge in [-0.3, -0.25) is 0 Å². The molecular formula is C15H18N4S. The summed E-state index contributed by atoms with van der Waals surface area (Å²) in [5, 5.41) is 4.14. The van der Waals surface area contributed by atoms with Crippen LogP contribution >= 0.6 is 11.3 Å². The summed E-state index contributed by atoms with van der Waals surface area (Å²) in [7, 11) is 0. The summed E-state index contributed by atoms with van der Waals surface area (Å²) < 4.78 is 0. The van der Waals surface area contributed by atoms with Gasteiger partial charge >= 0.3 is 0 Å². The van der Waals surface area contributed by atoms with Gasteiger partial charge in [-0.25, -0.2) is 9.98 Å². The third-order valence-corrected chi connectivity index (χ3v) is 4.32. The molecule has 0 spiro atoms. The second kappa shape index (κ2) is 5.63. The number of hydrogen-bond donors (Lipinski definition) is 2. The van der Waals surface area contributed by atoms with E-state index in [9.17, 15) is 0 Å². The van der Waals surface area contributed by atoms with Crippen LogP contribution in [0.25, 0.3) is 0 Å². The average molecular weight is 286 g/mol. The first-order chi connectivity index (χ1) is 9.70. The summed E-state index contributed by atoms with van der Waals surface area (Å²) in [6.45, 7) is 2.57. The van der Waals surface area contributed by atoms with Crippen molar-refractivity contribution in [2.45, 2.75) is 32.7 Å². The lowest BCUT2D eigenvalue weighted by Gasteiger charge is -2.07. The highest BCUT2D eigenvalue weighted by atomic mass is 32.1. The van der Waals surface area contributed by atoms with Crippen LogP contribution in [0.2, 0.25) is 0 Å². The van der Waals surface area contributed by atoms with Crippen molar-refractivity contribution in [3.63, 3.8) is 0 Å². The van der Waals surface area contributed by atoms with Crippen molar-refractivity contribution in [2.24, 2.45) is 10.7 Å². The zero-order chi connectivity index (χ0) is 13.9. The van der Waals surface area contributed by atoms with Gasteiger partial charge in [-0.1, -0.05) is 6.07 Å². The predicted molar refractivity (Wildman–Crippen MR) is 84.3 cm³/mol. The summed E-state index contributed by atoms with van der Waals surface area (Å²) >= 11 is 1.65. The molecule has 1 aromatic carbocycles. The molecule has 0 bridgehead atoms. The van der Waals surface area contributed by atoms with Crippen LogP contribution in [-0.4, -0.2) is 10.9 Å². The lowest BCUT2D eigenvalue weighted by atomic mass is 10.1. The Morgan fingerprint density at radius 3 is 3.05 bits per heavy atom. The minimum atomic E-state index is 0.441. The number of hydrogen-bond acceptors (Lipinski definition) is 3. The number of aryl methyl sites for hydroxylation is 3. The van der Waals surface area contributed by atoms with Gasteiger partial charge in [0.2, 0.25) is 0 Å². The van der Waals surface area contributed by atoms with Crippen LogP contribution in [0.15, 0.2) is 29.4 Å². The molecule has 0 atom stereocenters. The fraction of sp³-hybridized carbons (Fsp3) is 0.333. The molecule has 5 heteroatoms. The largest absolute Gasteiger partial charge is 0.370 e. The van der Waals surface area contributed by atoms with Crippen LogP contribution in [0.4, 0.5) is 5.69 Å². The molecule has 0 fully saturated rings. The van der Waals surface area contributed by atoms with E-state index in [2.05, 4.69) is 33.5 Å². The number of nitrogens with one attached hydrogen (secondary N) is 1. The van der Waals surface area contributed by atoms with Crippen molar-refractivity contribution < 1.29 is 0 Å². The van der Waals surface area contributed by atoms with Gasteiger partial charge in [-0.05, 0) is 49.4 Å². The normalized spacial score (nSPS) is 14.3. The molecule has 0 unspecified atom stereocenters. The van der Waals surface area contributed by atoms with Gasteiger partial charge in [-0.15, -0.1) is 11.3 Å². The van der Waals surface area contributed by atoms with E-state index in [1.807, 2.05) is 13.1 Å². The van der Waals surface area contributed by atoms with Crippen molar-refractivity contribution >= 4 is 23.0 Å². The van der Waals surface area contributed by atoms with Gasteiger partial charge in [0.1, 0.15) is 5.01 Å². The third-order valence-electron chi connectivity index (χ3n) is 3.42. The number of benzene rings is 1. The molecule has 3 rings (SSSR count). The van der Waals surface area contributed by atoms with E-state index < -0.39 is 0 Å². The maximum Gasteiger partial charge on any atom is 0.193 e. The minimum Gasteiger partial charge on any atom is -0.370 e. The Kier molecular flexibility index (Phi) is 3.69. The SMILES string of the molecule is Cc1cnc(CN=C(N)Nc2ccc3c(c2)CCC3)s1. The third kappa shape index (κ3) is 2.99. The Morgan fingerprint density at radius 1 is 1.40 bits per heavy atom. The Balaban J connectivity index is 1.64. The Hall–Kier alpha value is -1.88. The van der Waals surface area contributed by atoms with E-state index >= 15 is 0 Å². The number of fused-ring (bicyclic) bond motifs is 1. The summed E-state index contributed by atoms with van der Waals surface area (Å²) in [4.78, 5) is 9.79. The molecule has 20 heavy (non-hydrogen) atoms. The van der Waals surface area contributed by atoms with Crippen LogP contribution in [0.1, 0.15) is 27.4 Å². The van der Waals surface area contributed by atoms with E-state index in [1.165, 1.54) is 35.3 Å². The van der Waals surface area contributed by atoms with Crippen molar-refractivity contribution in [3.05, 3.63) is 45.4 Å². The molecular weight excluding hydrogens is 268 g/mol. The van der Waals surface area contributed by atoms with Crippen LogP contribution in [0.3, 0.4) is 0 Å². The number of aliphatic imine (C=N–C) groups is 1. The highest BCUT2D eigenvalue weighted by Crippen LogP contribution is 2.24. The van der Waals surface area contributed by atoms with Crippen LogP contribution < -0.4 is 11.1 Å². The fourth-order valence-electron chi connectivity index (χ4n) is 2.46. The molecule has 0 amide bonds. The van der Waals surface area contributed by atoms with Crippen LogP contribution in [-0.2, 0) is 19.4 Å². The van der Waals surface area contributed by atoms with Gasteiger partial charge < -0.3 is 11.1 Å². The summed E-state index contributed by atoms with van der Waals surface area (Å²) in [6.07, 6.45) is 5.48. The first-order valence-electron chi connectivity index (χ1n) is 6.81. The monoisotopic (exact) mass is 286 g/mol. The molecule has 1 heterocycles. The molecule has 0 radical (unpaired) electrons. The quantitative estimate of drug-likeness (QED) is 0.673. The lowest BCUT2D eigenvalue weighted by Crippen LogP contribution is -2.22. The maximum atomic E-state index is 5.92. The maximum absolute atomic E-state index is 5.92. The topological polar surface area (TPSA) is 63.3 Å². The summed E-state index contributed by atoms with van der Waals surface area (Å²) in [5.41, 5.74) is 9.83.